The van der Waals surface area contributed by atoms with E-state index in [2.05, 4.69) is 32.8 Å². The molecule has 7 heteroatoms. The number of rotatable bonds is 8. The third-order valence-electron chi connectivity index (χ3n) is 6.20. The molecule has 1 fully saturated rings. The number of aliphatic carboxylic acids is 1. The summed E-state index contributed by atoms with van der Waals surface area (Å²) in [4.78, 5) is 25.1. The highest BCUT2D eigenvalue weighted by Gasteiger charge is 2.28. The lowest BCUT2D eigenvalue weighted by molar-refractivity contribution is -0.136. The number of carboxylic acids is 1. The number of hydrogen-bond donors (Lipinski definition) is 1. The van der Waals surface area contributed by atoms with Crippen molar-refractivity contribution in [3.63, 3.8) is 0 Å². The lowest BCUT2D eigenvalue weighted by Crippen LogP contribution is -2.53. The number of piperazine rings is 1. The summed E-state index contributed by atoms with van der Waals surface area (Å²) in [6.45, 7) is 7.57. The van der Waals surface area contributed by atoms with Crippen LogP contribution in [-0.4, -0.2) is 51.6 Å². The van der Waals surface area contributed by atoms with Crippen LogP contribution >= 0.6 is 0 Å². The Kier molecular flexibility index (Phi) is 7.53. The van der Waals surface area contributed by atoms with Crippen LogP contribution in [0.15, 0.2) is 54.9 Å². The predicted molar refractivity (Wildman–Crippen MR) is 131 cm³/mol. The van der Waals surface area contributed by atoms with Gasteiger partial charge in [0.2, 0.25) is 5.95 Å². The van der Waals surface area contributed by atoms with Crippen molar-refractivity contribution < 1.29 is 14.3 Å². The molecule has 1 N–H and O–H groups in total. The highest BCUT2D eigenvalue weighted by atomic mass is 19.1. The molecule has 2 heterocycles. The van der Waals surface area contributed by atoms with Crippen molar-refractivity contribution >= 4 is 11.9 Å². The van der Waals surface area contributed by atoms with Gasteiger partial charge in [0, 0.05) is 50.2 Å². The van der Waals surface area contributed by atoms with E-state index in [4.69, 9.17) is 5.11 Å². The van der Waals surface area contributed by atoms with Gasteiger partial charge in [-0.05, 0) is 42.2 Å². The fourth-order valence-corrected chi connectivity index (χ4v) is 4.77. The Balaban J connectivity index is 1.46. The summed E-state index contributed by atoms with van der Waals surface area (Å²) in [6.07, 6.45) is 5.67. The molecule has 0 saturated carbocycles. The Labute approximate surface area is 200 Å². The number of aryl methyl sites for hydroxylation is 1. The van der Waals surface area contributed by atoms with Gasteiger partial charge in [0.25, 0.3) is 0 Å². The number of aromatic nitrogens is 2. The minimum Gasteiger partial charge on any atom is -0.481 e. The van der Waals surface area contributed by atoms with Crippen LogP contribution in [0.25, 0.3) is 11.1 Å². The molecule has 2 aromatic carbocycles. The molecule has 0 unspecified atom stereocenters. The number of anilines is 1. The summed E-state index contributed by atoms with van der Waals surface area (Å²) in [7, 11) is 0. The van der Waals surface area contributed by atoms with Crippen LogP contribution < -0.4 is 4.90 Å². The van der Waals surface area contributed by atoms with Crippen molar-refractivity contribution in [3.05, 3.63) is 77.4 Å². The number of carboxylic acid groups (broad SMARTS) is 1. The summed E-state index contributed by atoms with van der Waals surface area (Å²) in [5.41, 5.74) is 4.64. The van der Waals surface area contributed by atoms with Crippen LogP contribution in [0.5, 0.6) is 0 Å². The number of halogens is 1. The molecule has 6 nitrogen and oxygen atoms in total. The first-order valence-electron chi connectivity index (χ1n) is 11.8. The summed E-state index contributed by atoms with van der Waals surface area (Å²) in [6, 6.07) is 12.8. The van der Waals surface area contributed by atoms with E-state index in [1.165, 1.54) is 12.1 Å². The van der Waals surface area contributed by atoms with Crippen LogP contribution in [0.4, 0.5) is 10.3 Å². The average molecular weight is 463 g/mol. The van der Waals surface area contributed by atoms with E-state index in [1.807, 2.05) is 25.1 Å². The first kappa shape index (κ1) is 23.8. The van der Waals surface area contributed by atoms with Gasteiger partial charge in [-0.25, -0.2) is 14.4 Å². The predicted octanol–water partition coefficient (Wildman–Crippen LogP) is 4.71. The lowest BCUT2D eigenvalue weighted by atomic mass is 10.0. The molecule has 3 aromatic rings. The molecule has 1 aromatic heterocycles. The maximum Gasteiger partial charge on any atom is 0.307 e. The average Bonchev–Trinajstić information content (AvgIpc) is 2.79. The molecular formula is C27H31FN4O2. The van der Waals surface area contributed by atoms with Crippen LogP contribution in [0.3, 0.4) is 0 Å². The molecule has 0 spiro atoms. The van der Waals surface area contributed by atoms with Gasteiger partial charge in [-0.15, -0.1) is 0 Å². The molecule has 0 aliphatic carbocycles. The van der Waals surface area contributed by atoms with Crippen molar-refractivity contribution in [2.45, 2.75) is 45.7 Å². The first-order valence-corrected chi connectivity index (χ1v) is 11.8. The third kappa shape index (κ3) is 5.97. The number of carbonyl (C=O) groups is 1. The zero-order chi connectivity index (χ0) is 24.1. The van der Waals surface area contributed by atoms with E-state index in [0.717, 1.165) is 66.8 Å². The van der Waals surface area contributed by atoms with E-state index in [1.54, 1.807) is 18.5 Å². The number of benzene rings is 2. The number of hydrogen-bond acceptors (Lipinski definition) is 5. The molecule has 1 aliphatic rings. The van der Waals surface area contributed by atoms with Gasteiger partial charge in [-0.2, -0.15) is 0 Å². The van der Waals surface area contributed by atoms with Crippen LogP contribution in [0, 0.1) is 12.7 Å². The van der Waals surface area contributed by atoms with Gasteiger partial charge in [-0.1, -0.05) is 49.2 Å². The normalized spacial score (nSPS) is 16.6. The minimum absolute atomic E-state index is 0.0455. The summed E-state index contributed by atoms with van der Waals surface area (Å²) < 4.78 is 13.6. The summed E-state index contributed by atoms with van der Waals surface area (Å²) in [5.74, 6) is -0.376. The zero-order valence-corrected chi connectivity index (χ0v) is 19.7. The van der Waals surface area contributed by atoms with Crippen molar-refractivity contribution in [1.82, 2.24) is 14.9 Å². The molecule has 178 valence electrons. The quantitative estimate of drug-likeness (QED) is 0.523. The molecule has 34 heavy (non-hydrogen) atoms. The second-order valence-corrected chi connectivity index (χ2v) is 9.05. The standard InChI is InChI=1S/C27H31FN4O2/c1-3-5-25-18-31(17-21-11-19(2)10-20(12-21)13-26(33)34)8-9-32(25)27-29-15-23(16-30-27)22-6-4-7-24(28)14-22/h4,6-7,10-12,14-16,25H,3,5,8-9,13,17-18H2,1-2H3,(H,33,34)/t25-/m1/s1. The Morgan fingerprint density at radius 3 is 2.56 bits per heavy atom. The van der Waals surface area contributed by atoms with E-state index in [0.29, 0.717) is 12.0 Å². The lowest BCUT2D eigenvalue weighted by Gasteiger charge is -2.41. The van der Waals surface area contributed by atoms with Crippen LogP contribution in [-0.2, 0) is 17.8 Å². The van der Waals surface area contributed by atoms with E-state index >= 15 is 0 Å². The molecule has 1 aliphatic heterocycles. The van der Waals surface area contributed by atoms with Crippen molar-refractivity contribution in [3.8, 4) is 11.1 Å². The van der Waals surface area contributed by atoms with Gasteiger partial charge >= 0.3 is 5.97 Å². The largest absolute Gasteiger partial charge is 0.481 e. The topological polar surface area (TPSA) is 69.6 Å². The van der Waals surface area contributed by atoms with Crippen molar-refractivity contribution in [2.24, 2.45) is 0 Å². The monoisotopic (exact) mass is 462 g/mol. The van der Waals surface area contributed by atoms with Crippen LogP contribution in [0.2, 0.25) is 0 Å². The maximum absolute atomic E-state index is 13.6. The second kappa shape index (κ2) is 10.7. The molecular weight excluding hydrogens is 431 g/mol. The highest BCUT2D eigenvalue weighted by Crippen LogP contribution is 2.24. The number of nitrogens with zero attached hydrogens (tertiary/aromatic N) is 4. The smallest absolute Gasteiger partial charge is 0.307 e. The minimum atomic E-state index is -0.809. The Morgan fingerprint density at radius 1 is 1.09 bits per heavy atom. The molecule has 0 amide bonds. The van der Waals surface area contributed by atoms with Gasteiger partial charge < -0.3 is 10.0 Å². The Morgan fingerprint density at radius 2 is 1.85 bits per heavy atom. The SMILES string of the molecule is CCC[C@@H]1CN(Cc2cc(C)cc(CC(=O)O)c2)CCN1c1ncc(-c2cccc(F)c2)cn1. The van der Waals surface area contributed by atoms with E-state index in [9.17, 15) is 9.18 Å². The molecule has 1 saturated heterocycles. The fraction of sp³-hybridized carbons (Fsp3) is 0.370. The van der Waals surface area contributed by atoms with Crippen molar-refractivity contribution in [2.75, 3.05) is 24.5 Å². The van der Waals surface area contributed by atoms with E-state index < -0.39 is 5.97 Å². The van der Waals surface area contributed by atoms with Gasteiger partial charge in [-0.3, -0.25) is 9.69 Å². The summed E-state index contributed by atoms with van der Waals surface area (Å²) >= 11 is 0. The van der Waals surface area contributed by atoms with Crippen LogP contribution in [0.1, 0.15) is 36.5 Å². The molecule has 4 rings (SSSR count). The Bertz CT molecular complexity index is 1140. The Hall–Kier alpha value is -3.32. The maximum atomic E-state index is 13.6. The van der Waals surface area contributed by atoms with Crippen molar-refractivity contribution in [1.29, 1.82) is 0 Å². The molecule has 1 atom stereocenters. The first-order chi connectivity index (χ1) is 16.4. The van der Waals surface area contributed by atoms with Gasteiger partial charge in [0.05, 0.1) is 6.42 Å². The van der Waals surface area contributed by atoms with Gasteiger partial charge in [0.1, 0.15) is 5.82 Å². The third-order valence-corrected chi connectivity index (χ3v) is 6.20. The molecule has 0 radical (unpaired) electrons. The second-order valence-electron chi connectivity index (χ2n) is 9.05. The summed E-state index contributed by atoms with van der Waals surface area (Å²) in [5, 5.41) is 9.15. The fourth-order valence-electron chi connectivity index (χ4n) is 4.77. The molecule has 0 bridgehead atoms. The van der Waals surface area contributed by atoms with Gasteiger partial charge in [0.15, 0.2) is 0 Å². The highest BCUT2D eigenvalue weighted by molar-refractivity contribution is 5.70. The van der Waals surface area contributed by atoms with E-state index in [-0.39, 0.29) is 12.2 Å². The zero-order valence-electron chi connectivity index (χ0n) is 19.7.